The smallest absolute Gasteiger partial charge is 0.199 e. The van der Waals surface area contributed by atoms with E-state index in [2.05, 4.69) is 37.4 Å². The molecule has 0 fully saturated rings. The number of hydrogen-bond acceptors (Lipinski definition) is 3. The lowest BCUT2D eigenvalue weighted by Gasteiger charge is -1.85. The van der Waals surface area contributed by atoms with Crippen molar-refractivity contribution in [3.8, 4) is 0 Å². The van der Waals surface area contributed by atoms with Crippen LogP contribution >= 0.6 is 12.2 Å². The van der Waals surface area contributed by atoms with E-state index in [1.165, 1.54) is 6.33 Å². The maximum absolute atomic E-state index is 4.66. The molecule has 0 atom stereocenters. The molecule has 1 rings (SSSR count). The van der Waals surface area contributed by atoms with Crippen LogP contribution < -0.4 is 5.45 Å². The Morgan fingerprint density at radius 2 is 2.38 bits per heavy atom. The van der Waals surface area contributed by atoms with Crippen molar-refractivity contribution in [2.45, 2.75) is 0 Å². The van der Waals surface area contributed by atoms with E-state index >= 15 is 0 Å². The minimum atomic E-state index is 0.435. The fourth-order valence-corrected chi connectivity index (χ4v) is 0.715. The second-order valence-corrected chi connectivity index (χ2v) is 2.01. The van der Waals surface area contributed by atoms with Gasteiger partial charge in [-0.2, -0.15) is 0 Å². The second-order valence-electron chi connectivity index (χ2n) is 1.15. The molecule has 8 heavy (non-hydrogen) atoms. The van der Waals surface area contributed by atoms with Crippen LogP contribution in [0.15, 0.2) is 6.33 Å². The van der Waals surface area contributed by atoms with E-state index in [1.807, 2.05) is 0 Å². The van der Waals surface area contributed by atoms with Crippen LogP contribution in [0.1, 0.15) is 0 Å². The Balaban J connectivity index is 3.28. The highest BCUT2D eigenvalue weighted by Gasteiger charge is 1.79. The van der Waals surface area contributed by atoms with Crippen LogP contribution in [0.3, 0.4) is 0 Å². The first-order valence-electron chi connectivity index (χ1n) is 1.92. The fraction of sp³-hybridized carbons (Fsp3) is 0. The largest absolute Gasteiger partial charge is 0.324 e. The van der Waals surface area contributed by atoms with Crippen molar-refractivity contribution < 1.29 is 0 Å². The van der Waals surface area contributed by atoms with Crippen LogP contribution in [0.4, 0.5) is 0 Å². The molecule has 1 N–H and O–H groups in total. The molecule has 3 nitrogen and oxygen atoms in total. The number of H-pyrrole nitrogens is 1. The van der Waals surface area contributed by atoms with Crippen molar-refractivity contribution in [1.29, 1.82) is 0 Å². The molecule has 1 aromatic heterocycles. The Bertz CT molecular complexity index is 232. The van der Waals surface area contributed by atoms with Gasteiger partial charge in [0.2, 0.25) is 0 Å². The van der Waals surface area contributed by atoms with Gasteiger partial charge < -0.3 is 4.98 Å². The molecule has 0 amide bonds. The van der Waals surface area contributed by atoms with E-state index in [0.29, 0.717) is 10.2 Å². The molecule has 1 heterocycles. The number of nitrogens with one attached hydrogen (secondary N) is 1. The van der Waals surface area contributed by atoms with Crippen molar-refractivity contribution in [2.75, 3.05) is 0 Å². The zero-order valence-corrected chi connectivity index (χ0v) is 5.70. The zero-order chi connectivity index (χ0) is 5.98. The Morgan fingerprint density at radius 3 is 2.75 bits per heavy atom. The van der Waals surface area contributed by atoms with Gasteiger partial charge >= 0.3 is 0 Å². The van der Waals surface area contributed by atoms with E-state index in [-0.39, 0.29) is 0 Å². The molecule has 0 aliphatic rings. The molecule has 0 bridgehead atoms. The van der Waals surface area contributed by atoms with Gasteiger partial charge in [0, 0.05) is 0 Å². The summed E-state index contributed by atoms with van der Waals surface area (Å²) >= 11 is 4.66. The quantitative estimate of drug-likeness (QED) is 0.384. The maximum Gasteiger partial charge on any atom is 0.199 e. The van der Waals surface area contributed by atoms with Gasteiger partial charge in [0.15, 0.2) is 4.77 Å². The van der Waals surface area contributed by atoms with Crippen LogP contribution in [0.25, 0.3) is 0 Å². The lowest BCUT2D eigenvalue weighted by molar-refractivity contribution is 1.07. The van der Waals surface area contributed by atoms with Gasteiger partial charge in [-0.25, -0.2) is 9.97 Å². The normalized spacial score (nSPS) is 9.12. The minimum Gasteiger partial charge on any atom is -0.324 e. The SMILES string of the molecule is [Si]c1ncnc(=S)[nH]1. The van der Waals surface area contributed by atoms with Crippen molar-refractivity contribution in [1.82, 2.24) is 15.0 Å². The van der Waals surface area contributed by atoms with Crippen LogP contribution in [-0.2, 0) is 0 Å². The molecule has 1 aromatic rings. The first-order chi connectivity index (χ1) is 3.79. The molecule has 0 spiro atoms. The zero-order valence-electron chi connectivity index (χ0n) is 3.88. The number of aromatic nitrogens is 3. The Kier molecular flexibility index (Phi) is 1.50. The second kappa shape index (κ2) is 2.14. The fourth-order valence-electron chi connectivity index (χ4n) is 0.305. The predicted molar refractivity (Wildman–Crippen MR) is 32.6 cm³/mol. The van der Waals surface area contributed by atoms with Gasteiger partial charge in [0.1, 0.15) is 16.6 Å². The molecule has 3 radical (unpaired) electrons. The van der Waals surface area contributed by atoms with E-state index in [1.54, 1.807) is 0 Å². The van der Waals surface area contributed by atoms with Gasteiger partial charge in [-0.1, -0.05) is 0 Å². The summed E-state index contributed by atoms with van der Waals surface area (Å²) in [5, 5.41) is 0. The summed E-state index contributed by atoms with van der Waals surface area (Å²) in [6, 6.07) is 0. The molecule has 5 heteroatoms. The Labute approximate surface area is 54.6 Å². The average molecular weight is 140 g/mol. The molecule has 0 aliphatic heterocycles. The number of rotatable bonds is 0. The highest BCUT2D eigenvalue weighted by molar-refractivity contribution is 7.71. The van der Waals surface area contributed by atoms with E-state index in [4.69, 9.17) is 0 Å². The third-order valence-corrected chi connectivity index (χ3v) is 1.05. The molecular formula is C3H2N3SSi. The molecule has 0 aromatic carbocycles. The van der Waals surface area contributed by atoms with Gasteiger partial charge in [-0.05, 0) is 12.2 Å². The summed E-state index contributed by atoms with van der Waals surface area (Å²) < 4.78 is 0.435. The number of nitrogens with zero attached hydrogens (tertiary/aromatic N) is 2. The Hall–Kier alpha value is -0.553. The summed E-state index contributed by atoms with van der Waals surface area (Å²) in [4.78, 5) is 10.1. The van der Waals surface area contributed by atoms with Crippen LogP contribution in [0.2, 0.25) is 0 Å². The monoisotopic (exact) mass is 140 g/mol. The van der Waals surface area contributed by atoms with Gasteiger partial charge in [-0.15, -0.1) is 0 Å². The Morgan fingerprint density at radius 1 is 1.62 bits per heavy atom. The van der Waals surface area contributed by atoms with Crippen molar-refractivity contribution >= 4 is 27.9 Å². The van der Waals surface area contributed by atoms with Crippen LogP contribution in [0.5, 0.6) is 0 Å². The third kappa shape index (κ3) is 1.21. The molecular weight excluding hydrogens is 138 g/mol. The van der Waals surface area contributed by atoms with E-state index < -0.39 is 0 Å². The average Bonchev–Trinajstić information content (AvgIpc) is 1.64. The minimum absolute atomic E-state index is 0.435. The summed E-state index contributed by atoms with van der Waals surface area (Å²) in [6.45, 7) is 0. The van der Waals surface area contributed by atoms with Crippen molar-refractivity contribution in [3.05, 3.63) is 11.1 Å². The lowest BCUT2D eigenvalue weighted by atomic mass is 11.1. The van der Waals surface area contributed by atoms with Gasteiger partial charge in [0.25, 0.3) is 0 Å². The first-order valence-corrected chi connectivity index (χ1v) is 2.83. The summed E-state index contributed by atoms with van der Waals surface area (Å²) in [7, 11) is 3.14. The molecule has 0 saturated heterocycles. The third-order valence-electron chi connectivity index (χ3n) is 0.587. The molecule has 0 unspecified atom stereocenters. The lowest BCUT2D eigenvalue weighted by Crippen LogP contribution is -2.12. The molecule has 0 aliphatic carbocycles. The van der Waals surface area contributed by atoms with Crippen molar-refractivity contribution in [3.63, 3.8) is 0 Å². The van der Waals surface area contributed by atoms with E-state index in [9.17, 15) is 0 Å². The van der Waals surface area contributed by atoms with Crippen LogP contribution in [0, 0.1) is 4.77 Å². The van der Waals surface area contributed by atoms with Gasteiger partial charge in [0.05, 0.1) is 5.45 Å². The molecule has 0 saturated carbocycles. The van der Waals surface area contributed by atoms with Crippen LogP contribution in [-0.4, -0.2) is 25.2 Å². The highest BCUT2D eigenvalue weighted by Crippen LogP contribution is 1.65. The van der Waals surface area contributed by atoms with Gasteiger partial charge in [-0.3, -0.25) is 0 Å². The predicted octanol–water partition coefficient (Wildman–Crippen LogP) is -0.672. The van der Waals surface area contributed by atoms with E-state index in [0.717, 1.165) is 0 Å². The van der Waals surface area contributed by atoms with Crippen molar-refractivity contribution in [2.24, 2.45) is 0 Å². The standard InChI is InChI=1S/C3H2N3SSi/c7-2-4-1-5-3(8)6-2/h1H,(H,4,5,6,7). The summed E-state index contributed by atoms with van der Waals surface area (Å²) in [5.74, 6) is 0. The highest BCUT2D eigenvalue weighted by atomic mass is 32.1. The number of hydrogen-bond donors (Lipinski definition) is 1. The summed E-state index contributed by atoms with van der Waals surface area (Å²) in [6.07, 6.45) is 1.39. The number of aromatic amines is 1. The summed E-state index contributed by atoms with van der Waals surface area (Å²) in [5.41, 5.74) is 0.602. The molecule has 39 valence electrons. The first kappa shape index (κ1) is 5.58. The maximum atomic E-state index is 4.66. The topological polar surface area (TPSA) is 41.6 Å².